The number of aliphatic hydroxyl groups excluding tert-OH is 1. The van der Waals surface area contributed by atoms with E-state index in [0.29, 0.717) is 80.3 Å². The number of aromatic nitrogens is 8. The first-order valence-corrected chi connectivity index (χ1v) is 28.7. The fourth-order valence-corrected chi connectivity index (χ4v) is 10.5. The third kappa shape index (κ3) is 10.3. The highest BCUT2D eigenvalue weighted by molar-refractivity contribution is 6.76. The van der Waals surface area contributed by atoms with E-state index < -0.39 is 8.07 Å². The maximum atomic E-state index is 13.8. The highest BCUT2D eigenvalue weighted by atomic mass is 28.3. The molecule has 4 aromatic carbocycles. The Kier molecular flexibility index (Phi) is 14.6. The lowest BCUT2D eigenvalue weighted by atomic mass is 10.1. The van der Waals surface area contributed by atoms with Gasteiger partial charge in [0.2, 0.25) is 0 Å². The van der Waals surface area contributed by atoms with E-state index in [1.54, 1.807) is 45.8 Å². The molecule has 0 amide bonds. The van der Waals surface area contributed by atoms with Crippen molar-refractivity contribution in [2.24, 2.45) is 0 Å². The number of aromatic hydroxyl groups is 1. The van der Waals surface area contributed by atoms with E-state index in [1.807, 2.05) is 32.0 Å². The van der Waals surface area contributed by atoms with Gasteiger partial charge in [-0.3, -0.25) is 38.8 Å². The summed E-state index contributed by atoms with van der Waals surface area (Å²) in [5, 5.41) is 27.2. The van der Waals surface area contributed by atoms with Gasteiger partial charge in [0, 0.05) is 44.5 Å². The molecule has 4 aromatic heterocycles. The van der Waals surface area contributed by atoms with Gasteiger partial charge in [0.1, 0.15) is 34.9 Å². The molecule has 18 heteroatoms. The van der Waals surface area contributed by atoms with Gasteiger partial charge in [-0.15, -0.1) is 0 Å². The molecule has 10 rings (SSSR count). The number of nitrogens with zero attached hydrogens (tertiary/aromatic N) is 6. The molecule has 0 spiro atoms. The average molecular weight is 984 g/mol. The molecule has 6 heterocycles. The number of phenolic OH excluding ortho intramolecular Hbond substituents is 1. The number of para-hydroxylation sites is 3. The fraction of sp³-hybridized carbons (Fsp3) is 0.434. The van der Waals surface area contributed by atoms with Crippen molar-refractivity contribution >= 4 is 51.9 Å². The molecule has 1 fully saturated rings. The van der Waals surface area contributed by atoms with Crippen LogP contribution in [0.3, 0.4) is 0 Å². The third-order valence-corrected chi connectivity index (χ3v) is 15.5. The highest BCUT2D eigenvalue weighted by Crippen LogP contribution is 2.33. The second kappa shape index (κ2) is 21.0. The molecular weight excluding hydrogens is 919 g/mol. The van der Waals surface area contributed by atoms with Crippen LogP contribution in [0.25, 0.3) is 66.4 Å². The van der Waals surface area contributed by atoms with Crippen LogP contribution in [0, 0.1) is 0 Å². The Morgan fingerprint density at radius 3 is 2.27 bits per heavy atom. The highest BCUT2D eigenvalue weighted by Gasteiger charge is 2.24. The number of ether oxygens (including phenoxy) is 2. The molecule has 0 saturated carbocycles. The lowest BCUT2D eigenvalue weighted by Gasteiger charge is -2.19. The second-order valence-corrected chi connectivity index (χ2v) is 25.9. The summed E-state index contributed by atoms with van der Waals surface area (Å²) in [5.41, 5.74) is 5.01. The minimum Gasteiger partial charge on any atom is -0.506 e. The Hall–Kier alpha value is -6.60. The zero-order valence-corrected chi connectivity index (χ0v) is 42.3. The number of hydrogen-bond donors (Lipinski definition) is 5. The van der Waals surface area contributed by atoms with Crippen LogP contribution in [0.2, 0.25) is 25.7 Å². The van der Waals surface area contributed by atoms with Crippen molar-refractivity contribution in [1.82, 2.24) is 44.0 Å². The normalized spacial score (nSPS) is 15.9. The summed E-state index contributed by atoms with van der Waals surface area (Å²) in [5.74, 6) is 0.718. The molecule has 17 nitrogen and oxygen atoms in total. The Morgan fingerprint density at radius 2 is 1.52 bits per heavy atom. The fourth-order valence-electron chi connectivity index (χ4n) is 9.75. The molecule has 0 radical (unpaired) electrons. The van der Waals surface area contributed by atoms with Gasteiger partial charge in [-0.1, -0.05) is 56.0 Å². The van der Waals surface area contributed by atoms with Crippen molar-refractivity contribution in [2.75, 3.05) is 32.9 Å². The first-order chi connectivity index (χ1) is 34.2. The third-order valence-electron chi connectivity index (χ3n) is 13.8. The predicted molar refractivity (Wildman–Crippen MR) is 281 cm³/mol. The van der Waals surface area contributed by atoms with Gasteiger partial charge in [-0.25, -0.2) is 19.3 Å². The molecule has 0 aliphatic carbocycles. The van der Waals surface area contributed by atoms with Gasteiger partial charge >= 0.3 is 0 Å². The van der Waals surface area contributed by atoms with Crippen molar-refractivity contribution < 1.29 is 19.7 Å². The molecule has 8 aromatic rings. The molecule has 4 bridgehead atoms. The van der Waals surface area contributed by atoms with Crippen LogP contribution >= 0.6 is 0 Å². The van der Waals surface area contributed by atoms with Crippen molar-refractivity contribution in [2.45, 2.75) is 116 Å². The summed E-state index contributed by atoms with van der Waals surface area (Å²) >= 11 is 0. The molecule has 374 valence electrons. The number of rotatable bonds is 13. The zero-order valence-electron chi connectivity index (χ0n) is 41.3. The largest absolute Gasteiger partial charge is 0.506 e. The lowest BCUT2D eigenvalue weighted by Crippen LogP contribution is -2.27. The monoisotopic (exact) mass is 983 g/mol. The van der Waals surface area contributed by atoms with Crippen LogP contribution in [-0.2, 0) is 18.0 Å². The number of likely N-dealkylation sites (tertiary alicyclic amines) is 1. The molecule has 1 saturated heterocycles. The van der Waals surface area contributed by atoms with Crippen LogP contribution < -0.4 is 27.0 Å². The minimum atomic E-state index is -1.30. The smallest absolute Gasteiger partial charge is 0.279 e. The average Bonchev–Trinajstić information content (AvgIpc) is 4.08. The van der Waals surface area contributed by atoms with Crippen molar-refractivity contribution in [3.05, 3.63) is 114 Å². The summed E-state index contributed by atoms with van der Waals surface area (Å²) in [6.45, 7) is 15.0. The van der Waals surface area contributed by atoms with Crippen LogP contribution in [-0.4, -0.2) is 95.2 Å². The number of unbranched alkanes of at least 4 members (excludes halogenated alkanes) is 1. The van der Waals surface area contributed by atoms with Gasteiger partial charge in [0.05, 0.1) is 51.5 Å². The number of benzene rings is 4. The Morgan fingerprint density at radius 1 is 0.817 bits per heavy atom. The summed E-state index contributed by atoms with van der Waals surface area (Å²) in [6, 6.07) is 20.5. The van der Waals surface area contributed by atoms with Crippen LogP contribution in [0.1, 0.15) is 82.9 Å². The summed E-state index contributed by atoms with van der Waals surface area (Å²) in [6.07, 6.45) is 7.32. The maximum absolute atomic E-state index is 13.8. The molecule has 2 aliphatic heterocycles. The van der Waals surface area contributed by atoms with Crippen LogP contribution in [0.15, 0.2) is 85.9 Å². The predicted octanol–water partition coefficient (Wildman–Crippen LogP) is 8.40. The number of H-pyrrole nitrogens is 3. The number of aliphatic hydroxyl groups is 1. The molecule has 5 N–H and O–H groups in total. The van der Waals surface area contributed by atoms with E-state index in [1.165, 1.54) is 23.5 Å². The number of fused-ring (bicyclic) bond motifs is 5. The molecule has 71 heavy (non-hydrogen) atoms. The van der Waals surface area contributed by atoms with Crippen molar-refractivity contribution in [3.63, 3.8) is 0 Å². The van der Waals surface area contributed by atoms with E-state index >= 15 is 0 Å². The molecule has 2 unspecified atom stereocenters. The zero-order chi connectivity index (χ0) is 50.0. The van der Waals surface area contributed by atoms with Gasteiger partial charge < -0.3 is 24.7 Å². The van der Waals surface area contributed by atoms with E-state index in [9.17, 15) is 24.3 Å². The Bertz CT molecular complexity index is 3470. The van der Waals surface area contributed by atoms with E-state index in [4.69, 9.17) is 19.6 Å². The van der Waals surface area contributed by atoms with Crippen LogP contribution in [0.4, 0.5) is 0 Å². The number of phenols is 1. The van der Waals surface area contributed by atoms with Gasteiger partial charge in [-0.05, 0) is 115 Å². The van der Waals surface area contributed by atoms with Gasteiger partial charge in [0.25, 0.3) is 22.2 Å². The quantitative estimate of drug-likeness (QED) is 0.0546. The number of nitrogens with one attached hydrogen (secondary N) is 3. The first kappa shape index (κ1) is 49.4. The topological polar surface area (TPSA) is 218 Å². The number of hydrogen-bond acceptors (Lipinski definition) is 11. The lowest BCUT2D eigenvalue weighted by molar-refractivity contribution is 0.0878. The van der Waals surface area contributed by atoms with E-state index in [-0.39, 0.29) is 59.1 Å². The molecule has 2 aliphatic rings. The number of aromatic amines is 3. The summed E-state index contributed by atoms with van der Waals surface area (Å²) in [4.78, 5) is 68.1. The first-order valence-electron chi connectivity index (χ1n) is 25.0. The van der Waals surface area contributed by atoms with E-state index in [0.717, 1.165) is 69.1 Å². The SMILES string of the molecule is CC(CCCCO)n1[nH]c2c(-c3nc4c(O)cccc4n(COCC[Si](C)(C)C)c3=O)cccc2c1=O.CC1CCCCOc2c(CN3CCCC3)ccc3[nH]c(=O)c(nc23)-c2cccc3c(=O)n1[nH]c23. The summed E-state index contributed by atoms with van der Waals surface area (Å²) in [7, 11) is -1.30. The maximum Gasteiger partial charge on any atom is 0.279 e. The Labute approximate surface area is 411 Å². The standard InChI is InChI=1S/C27H36N4O5Si.C26H29N5O3/c1-18(9-5-6-14-32)31-26(34)20-11-7-10-19(23(20)29-31)24-27(35)30(17-36-15-16-37(2,3)4)21-12-8-13-22(33)25(21)28-24;1-16-7-2-5-14-34-24-17(15-30-12-3-4-13-30)10-11-20-23(24)28-22(25(32)27-20)18-8-6-9-19-21(18)29-31(16)26(19)33/h7-8,10-13,18,29,32-33H,5-6,9,14-17H2,1-4H3;6,8-11,16,29H,2-5,7,12-15H2,1H3,(H,27,32). The molecule has 2 atom stereocenters. The second-order valence-electron chi connectivity index (χ2n) is 20.3. The van der Waals surface area contributed by atoms with Crippen molar-refractivity contribution in [3.8, 4) is 34.0 Å². The van der Waals surface area contributed by atoms with Gasteiger partial charge in [-0.2, -0.15) is 0 Å². The Balaban J connectivity index is 0.000000176. The van der Waals surface area contributed by atoms with Crippen molar-refractivity contribution in [1.29, 1.82) is 0 Å². The van der Waals surface area contributed by atoms with Gasteiger partial charge in [0.15, 0.2) is 5.75 Å². The summed E-state index contributed by atoms with van der Waals surface area (Å²) < 4.78 is 17.0. The molecular formula is C53H65N9O8Si. The van der Waals surface area contributed by atoms with Crippen LogP contribution in [0.5, 0.6) is 11.5 Å². The van der Waals surface area contributed by atoms with E-state index in [2.05, 4.69) is 50.8 Å². The minimum absolute atomic E-state index is 0.0161.